The normalized spacial score (nSPS) is 16.0. The maximum absolute atomic E-state index is 12.7. The molecule has 1 saturated heterocycles. The summed E-state index contributed by atoms with van der Waals surface area (Å²) in [6.45, 7) is 2.78. The van der Waals surface area contributed by atoms with Gasteiger partial charge in [0, 0.05) is 66.9 Å². The molecule has 0 radical (unpaired) electrons. The molecule has 0 spiro atoms. The predicted molar refractivity (Wildman–Crippen MR) is 94.4 cm³/mol. The summed E-state index contributed by atoms with van der Waals surface area (Å²) in [5.74, 6) is 1.34. The summed E-state index contributed by atoms with van der Waals surface area (Å²) < 4.78 is 11.4. The third-order valence-electron chi connectivity index (χ3n) is 3.98. The topological polar surface area (TPSA) is 66.4 Å². The van der Waals surface area contributed by atoms with Crippen LogP contribution in [0.4, 0.5) is 5.82 Å². The van der Waals surface area contributed by atoms with E-state index < -0.39 is 10.8 Å². The summed E-state index contributed by atoms with van der Waals surface area (Å²) in [5.41, 5.74) is 1.59. The third-order valence-corrected chi connectivity index (χ3v) is 4.72. The van der Waals surface area contributed by atoms with Crippen molar-refractivity contribution in [2.24, 2.45) is 0 Å². The van der Waals surface area contributed by atoms with Gasteiger partial charge in [0.2, 0.25) is 0 Å². The number of hydrogen-bond donors (Lipinski definition) is 0. The Hall–Kier alpha value is -2.28. The average Bonchev–Trinajstić information content (AvgIpc) is 2.62. The van der Waals surface area contributed by atoms with Crippen molar-refractivity contribution < 1.29 is 9.00 Å². The number of benzene rings is 1. The van der Waals surface area contributed by atoms with Gasteiger partial charge in [0.15, 0.2) is 0 Å². The van der Waals surface area contributed by atoms with Crippen LogP contribution in [0, 0.1) is 0 Å². The maximum atomic E-state index is 12.7. The first-order chi connectivity index (χ1) is 11.6. The lowest BCUT2D eigenvalue weighted by atomic mass is 10.1. The molecular weight excluding hydrogens is 324 g/mol. The zero-order valence-electron chi connectivity index (χ0n) is 13.6. The molecule has 24 heavy (non-hydrogen) atoms. The molecule has 1 aliphatic heterocycles. The Labute approximate surface area is 144 Å². The smallest absolute Gasteiger partial charge is 0.253 e. The van der Waals surface area contributed by atoms with Crippen LogP contribution in [0.2, 0.25) is 0 Å². The van der Waals surface area contributed by atoms with Crippen molar-refractivity contribution in [3.8, 4) is 0 Å². The summed E-state index contributed by atoms with van der Waals surface area (Å²) >= 11 is 0. The number of hydrogen-bond acceptors (Lipinski definition) is 5. The van der Waals surface area contributed by atoms with Gasteiger partial charge in [0.25, 0.3) is 5.91 Å². The number of rotatable bonds is 4. The lowest BCUT2D eigenvalue weighted by Gasteiger charge is -2.35. The minimum atomic E-state index is -0.913. The van der Waals surface area contributed by atoms with Crippen molar-refractivity contribution in [2.45, 2.75) is 5.75 Å². The average molecular weight is 344 g/mol. The first kappa shape index (κ1) is 16.6. The van der Waals surface area contributed by atoms with E-state index in [1.54, 1.807) is 24.8 Å². The molecule has 1 aromatic carbocycles. The zero-order chi connectivity index (χ0) is 16.9. The van der Waals surface area contributed by atoms with E-state index in [0.29, 0.717) is 24.4 Å². The van der Waals surface area contributed by atoms with E-state index in [0.717, 1.165) is 24.5 Å². The highest BCUT2D eigenvalue weighted by atomic mass is 32.2. The summed E-state index contributed by atoms with van der Waals surface area (Å²) in [4.78, 5) is 25.1. The zero-order valence-corrected chi connectivity index (χ0v) is 14.4. The van der Waals surface area contributed by atoms with Gasteiger partial charge in [0.05, 0.1) is 6.20 Å². The third kappa shape index (κ3) is 3.97. The molecule has 1 unspecified atom stereocenters. The van der Waals surface area contributed by atoms with Crippen LogP contribution < -0.4 is 4.90 Å². The molecule has 6 nitrogen and oxygen atoms in total. The molecule has 2 heterocycles. The van der Waals surface area contributed by atoms with Crippen LogP contribution in [0.15, 0.2) is 42.9 Å². The van der Waals surface area contributed by atoms with Gasteiger partial charge in [-0.05, 0) is 17.7 Å². The molecule has 1 fully saturated rings. The van der Waals surface area contributed by atoms with Gasteiger partial charge in [-0.15, -0.1) is 0 Å². The quantitative estimate of drug-likeness (QED) is 0.837. The van der Waals surface area contributed by atoms with Crippen molar-refractivity contribution in [2.75, 3.05) is 37.3 Å². The summed E-state index contributed by atoms with van der Waals surface area (Å²) in [5, 5.41) is 0. The molecule has 0 aliphatic carbocycles. The fraction of sp³-hybridized carbons (Fsp3) is 0.353. The molecule has 1 atom stereocenters. The number of aromatic nitrogens is 2. The minimum Gasteiger partial charge on any atom is -0.352 e. The fourth-order valence-corrected chi connectivity index (χ4v) is 3.45. The Bertz CT molecular complexity index is 730. The molecular formula is C17H20N4O2S. The second kappa shape index (κ2) is 7.53. The second-order valence-corrected chi connectivity index (χ2v) is 7.20. The van der Waals surface area contributed by atoms with E-state index in [1.807, 2.05) is 29.2 Å². The second-order valence-electron chi connectivity index (χ2n) is 5.76. The molecule has 1 aromatic heterocycles. The van der Waals surface area contributed by atoms with Crippen LogP contribution in [-0.2, 0) is 16.6 Å². The van der Waals surface area contributed by atoms with Gasteiger partial charge in [-0.2, -0.15) is 0 Å². The lowest BCUT2D eigenvalue weighted by molar-refractivity contribution is 0.0746. The van der Waals surface area contributed by atoms with Gasteiger partial charge in [-0.25, -0.2) is 4.98 Å². The van der Waals surface area contributed by atoms with Gasteiger partial charge in [-0.1, -0.05) is 12.1 Å². The van der Waals surface area contributed by atoms with Crippen molar-refractivity contribution in [3.05, 3.63) is 54.0 Å². The summed E-state index contributed by atoms with van der Waals surface area (Å²) in [6, 6.07) is 7.42. The molecule has 1 amide bonds. The van der Waals surface area contributed by atoms with E-state index in [4.69, 9.17) is 0 Å². The van der Waals surface area contributed by atoms with Crippen molar-refractivity contribution in [3.63, 3.8) is 0 Å². The Morgan fingerprint density at radius 3 is 2.67 bits per heavy atom. The largest absolute Gasteiger partial charge is 0.352 e. The molecule has 126 valence electrons. The Morgan fingerprint density at radius 1 is 1.21 bits per heavy atom. The van der Waals surface area contributed by atoms with E-state index in [9.17, 15) is 9.00 Å². The maximum Gasteiger partial charge on any atom is 0.253 e. The number of amides is 1. The Balaban J connectivity index is 1.64. The van der Waals surface area contributed by atoms with Crippen LogP contribution in [-0.4, -0.2) is 57.4 Å². The van der Waals surface area contributed by atoms with E-state index in [-0.39, 0.29) is 5.91 Å². The Morgan fingerprint density at radius 2 is 2.00 bits per heavy atom. The molecule has 7 heteroatoms. The standard InChI is InChI=1S/C17H20N4O2S/c1-24(23)13-14-3-2-4-15(11-14)17(22)21-9-7-20(8-10-21)16-12-18-5-6-19-16/h2-6,11-12H,7-10,13H2,1H3. The van der Waals surface area contributed by atoms with Crippen LogP contribution in [0.25, 0.3) is 0 Å². The van der Waals surface area contributed by atoms with E-state index >= 15 is 0 Å². The highest BCUT2D eigenvalue weighted by Crippen LogP contribution is 2.15. The molecule has 2 aromatic rings. The molecule has 0 saturated carbocycles. The molecule has 0 N–H and O–H groups in total. The van der Waals surface area contributed by atoms with Gasteiger partial charge >= 0.3 is 0 Å². The number of piperazine rings is 1. The molecule has 1 aliphatic rings. The SMILES string of the molecule is CS(=O)Cc1cccc(C(=O)N2CCN(c3cnccn3)CC2)c1. The van der Waals surface area contributed by atoms with Gasteiger partial charge < -0.3 is 9.80 Å². The highest BCUT2D eigenvalue weighted by Gasteiger charge is 2.23. The van der Waals surface area contributed by atoms with Crippen molar-refractivity contribution in [1.29, 1.82) is 0 Å². The van der Waals surface area contributed by atoms with Crippen LogP contribution >= 0.6 is 0 Å². The van der Waals surface area contributed by atoms with Crippen LogP contribution in [0.1, 0.15) is 15.9 Å². The number of carbonyl (C=O) groups is 1. The van der Waals surface area contributed by atoms with Crippen LogP contribution in [0.3, 0.4) is 0 Å². The van der Waals surface area contributed by atoms with E-state index in [2.05, 4.69) is 14.9 Å². The summed E-state index contributed by atoms with van der Waals surface area (Å²) in [6.07, 6.45) is 6.74. The van der Waals surface area contributed by atoms with Gasteiger partial charge in [-0.3, -0.25) is 14.0 Å². The van der Waals surface area contributed by atoms with Crippen molar-refractivity contribution >= 4 is 22.5 Å². The number of nitrogens with zero attached hydrogens (tertiary/aromatic N) is 4. The Kier molecular flexibility index (Phi) is 5.20. The monoisotopic (exact) mass is 344 g/mol. The highest BCUT2D eigenvalue weighted by molar-refractivity contribution is 7.83. The number of carbonyl (C=O) groups excluding carboxylic acids is 1. The predicted octanol–water partition coefficient (Wildman–Crippen LogP) is 1.32. The fourth-order valence-electron chi connectivity index (χ4n) is 2.80. The van der Waals surface area contributed by atoms with Crippen LogP contribution in [0.5, 0.6) is 0 Å². The van der Waals surface area contributed by atoms with E-state index in [1.165, 1.54) is 0 Å². The molecule has 0 bridgehead atoms. The lowest BCUT2D eigenvalue weighted by Crippen LogP contribution is -2.49. The molecule has 3 rings (SSSR count). The first-order valence-corrected chi connectivity index (χ1v) is 9.55. The van der Waals surface area contributed by atoms with Crippen molar-refractivity contribution in [1.82, 2.24) is 14.9 Å². The minimum absolute atomic E-state index is 0.0255. The summed E-state index contributed by atoms with van der Waals surface area (Å²) in [7, 11) is -0.913. The first-order valence-electron chi connectivity index (χ1n) is 7.82. The number of anilines is 1. The van der Waals surface area contributed by atoms with Gasteiger partial charge in [0.1, 0.15) is 5.82 Å².